The Labute approximate surface area is 97.6 Å². The van der Waals surface area contributed by atoms with E-state index in [1.165, 1.54) is 5.56 Å². The van der Waals surface area contributed by atoms with Gasteiger partial charge in [0.2, 0.25) is 0 Å². The van der Waals surface area contributed by atoms with Gasteiger partial charge < -0.3 is 0 Å². The zero-order valence-corrected chi connectivity index (χ0v) is 10.6. The molecule has 0 nitrogen and oxygen atoms in total. The summed E-state index contributed by atoms with van der Waals surface area (Å²) in [5, 5.41) is 0. The summed E-state index contributed by atoms with van der Waals surface area (Å²) in [4.78, 5) is 0. The molecule has 0 fully saturated rings. The van der Waals surface area contributed by atoms with E-state index in [1.54, 1.807) is 12.2 Å². The number of hydrogen-bond acceptors (Lipinski definition) is 0. The summed E-state index contributed by atoms with van der Waals surface area (Å²) < 4.78 is 0. The minimum Gasteiger partial charge on any atom is -0.0991 e. The zero-order valence-electron chi connectivity index (χ0n) is 7.74. The van der Waals surface area contributed by atoms with Crippen LogP contribution in [0, 0.1) is 0 Å². The van der Waals surface area contributed by atoms with Crippen molar-refractivity contribution in [3.63, 3.8) is 0 Å². The molecule has 0 unspecified atom stereocenters. The van der Waals surface area contributed by atoms with Crippen LogP contribution >= 0.6 is 0 Å². The second kappa shape index (κ2) is 11.2. The maximum atomic E-state index is 3.63. The first kappa shape index (κ1) is 14.7. The Morgan fingerprint density at radius 1 is 0.846 bits per heavy atom. The average Bonchev–Trinajstić information content (AvgIpc) is 2.19. The zero-order chi connectivity index (χ0) is 9.23. The molecule has 0 spiro atoms. The quantitative estimate of drug-likeness (QED) is 0.574. The van der Waals surface area contributed by atoms with Crippen LogP contribution in [0.1, 0.15) is 5.56 Å². The molecular formula is C12H14Sn. The van der Waals surface area contributed by atoms with Crippen molar-refractivity contribution >= 4 is 30.0 Å². The van der Waals surface area contributed by atoms with E-state index in [9.17, 15) is 0 Å². The predicted octanol–water partition coefficient (Wildman–Crippen LogP) is 3.31. The molecule has 0 N–H and O–H groups in total. The Bertz CT molecular complexity index is 231. The van der Waals surface area contributed by atoms with Crippen LogP contribution in [-0.4, -0.2) is 23.9 Å². The molecule has 0 atom stereocenters. The summed E-state index contributed by atoms with van der Waals surface area (Å²) in [6.07, 6.45) is 5.11. The third kappa shape index (κ3) is 9.15. The van der Waals surface area contributed by atoms with Gasteiger partial charge in [-0.1, -0.05) is 68.3 Å². The second-order valence-corrected chi connectivity index (χ2v) is 2.09. The molecule has 0 aliphatic rings. The molecule has 0 saturated carbocycles. The van der Waals surface area contributed by atoms with Gasteiger partial charge in [0, 0.05) is 23.9 Å². The van der Waals surface area contributed by atoms with E-state index >= 15 is 0 Å². The monoisotopic (exact) mass is 278 g/mol. The molecule has 13 heavy (non-hydrogen) atoms. The first-order valence-corrected chi connectivity index (χ1v) is 3.76. The molecule has 0 aliphatic carbocycles. The van der Waals surface area contributed by atoms with Crippen molar-refractivity contribution in [3.05, 3.63) is 67.8 Å². The molecule has 0 aliphatic heterocycles. The summed E-state index contributed by atoms with van der Waals surface area (Å²) in [5.74, 6) is 0. The molecule has 4 radical (unpaired) electrons. The standard InChI is InChI=1S/C8H8.C4H6.Sn/c1-2-8-6-4-3-5-7-8;1-3-4-2;/h2-7H,1H2;3-4H,1-2H2;. The molecule has 1 aromatic carbocycles. The smallest absolute Gasteiger partial charge is 0 e. The average molecular weight is 277 g/mol. The van der Waals surface area contributed by atoms with Crippen molar-refractivity contribution in [2.45, 2.75) is 0 Å². The van der Waals surface area contributed by atoms with Crippen LogP contribution in [0.4, 0.5) is 0 Å². The molecule has 0 heterocycles. The summed E-state index contributed by atoms with van der Waals surface area (Å²) in [6.45, 7) is 10.4. The van der Waals surface area contributed by atoms with Crippen molar-refractivity contribution in [3.8, 4) is 0 Å². The van der Waals surface area contributed by atoms with E-state index < -0.39 is 0 Å². The number of hydrogen-bond donors (Lipinski definition) is 0. The molecule has 0 amide bonds. The molecule has 0 bridgehead atoms. The molecular weight excluding hydrogens is 263 g/mol. The van der Waals surface area contributed by atoms with Crippen molar-refractivity contribution in [2.24, 2.45) is 0 Å². The third-order valence-electron chi connectivity index (χ3n) is 1.20. The molecule has 0 saturated heterocycles. The van der Waals surface area contributed by atoms with Gasteiger partial charge in [0.05, 0.1) is 0 Å². The van der Waals surface area contributed by atoms with Crippen molar-refractivity contribution in [2.75, 3.05) is 0 Å². The molecule has 1 aromatic rings. The molecule has 66 valence electrons. The Balaban J connectivity index is 0. The van der Waals surface area contributed by atoms with Crippen molar-refractivity contribution < 1.29 is 0 Å². The van der Waals surface area contributed by atoms with Crippen LogP contribution in [0.2, 0.25) is 0 Å². The Morgan fingerprint density at radius 2 is 1.31 bits per heavy atom. The van der Waals surface area contributed by atoms with Crippen LogP contribution in [-0.2, 0) is 0 Å². The van der Waals surface area contributed by atoms with Crippen LogP contribution < -0.4 is 0 Å². The fraction of sp³-hybridized carbons (Fsp3) is 0. The topological polar surface area (TPSA) is 0 Å². The fourth-order valence-corrected chi connectivity index (χ4v) is 0.589. The van der Waals surface area contributed by atoms with Gasteiger partial charge in [0.25, 0.3) is 0 Å². The maximum Gasteiger partial charge on any atom is 0 e. The van der Waals surface area contributed by atoms with Gasteiger partial charge >= 0.3 is 0 Å². The molecule has 1 rings (SSSR count). The SMILES string of the molecule is C=CC=C.C=Cc1ccccc1.[Sn]. The summed E-state index contributed by atoms with van der Waals surface area (Å²) >= 11 is 0. The Morgan fingerprint density at radius 3 is 1.54 bits per heavy atom. The maximum absolute atomic E-state index is 3.63. The first-order valence-electron chi connectivity index (χ1n) is 3.76. The predicted molar refractivity (Wildman–Crippen MR) is 62.7 cm³/mol. The molecule has 0 aromatic heterocycles. The number of rotatable bonds is 2. The van der Waals surface area contributed by atoms with Gasteiger partial charge in [-0.15, -0.1) is 0 Å². The second-order valence-electron chi connectivity index (χ2n) is 2.09. The van der Waals surface area contributed by atoms with Gasteiger partial charge in [-0.3, -0.25) is 0 Å². The van der Waals surface area contributed by atoms with E-state index in [4.69, 9.17) is 0 Å². The first-order chi connectivity index (χ1) is 5.85. The summed E-state index contributed by atoms with van der Waals surface area (Å²) in [5.41, 5.74) is 1.17. The largest absolute Gasteiger partial charge is 0.0991 e. The van der Waals surface area contributed by atoms with E-state index in [0.717, 1.165) is 0 Å². The number of allylic oxidation sites excluding steroid dienone is 2. The van der Waals surface area contributed by atoms with Gasteiger partial charge in [0.15, 0.2) is 0 Å². The summed E-state index contributed by atoms with van der Waals surface area (Å²) in [6, 6.07) is 10.0. The van der Waals surface area contributed by atoms with Crippen molar-refractivity contribution in [1.29, 1.82) is 0 Å². The third-order valence-corrected chi connectivity index (χ3v) is 1.20. The van der Waals surface area contributed by atoms with Crippen LogP contribution in [0.3, 0.4) is 0 Å². The number of benzene rings is 1. The van der Waals surface area contributed by atoms with E-state index in [-0.39, 0.29) is 23.9 Å². The van der Waals surface area contributed by atoms with E-state index in [0.29, 0.717) is 0 Å². The van der Waals surface area contributed by atoms with Gasteiger partial charge in [0.1, 0.15) is 0 Å². The van der Waals surface area contributed by atoms with Crippen LogP contribution in [0.25, 0.3) is 6.08 Å². The van der Waals surface area contributed by atoms with Crippen LogP contribution in [0.15, 0.2) is 62.2 Å². The van der Waals surface area contributed by atoms with Crippen LogP contribution in [0.5, 0.6) is 0 Å². The fourth-order valence-electron chi connectivity index (χ4n) is 0.589. The van der Waals surface area contributed by atoms with Gasteiger partial charge in [-0.2, -0.15) is 0 Å². The minimum absolute atomic E-state index is 0. The normalized spacial score (nSPS) is 6.77. The molecule has 1 heteroatoms. The Hall–Kier alpha value is -0.761. The van der Waals surface area contributed by atoms with Gasteiger partial charge in [-0.05, 0) is 5.56 Å². The Kier molecular flexibility index (Phi) is 12.7. The van der Waals surface area contributed by atoms with Gasteiger partial charge in [-0.25, -0.2) is 0 Å². The van der Waals surface area contributed by atoms with Crippen molar-refractivity contribution in [1.82, 2.24) is 0 Å². The van der Waals surface area contributed by atoms with E-state index in [1.807, 2.05) is 36.4 Å². The minimum atomic E-state index is 0. The van der Waals surface area contributed by atoms with E-state index in [2.05, 4.69) is 19.7 Å². The summed E-state index contributed by atoms with van der Waals surface area (Å²) in [7, 11) is 0.